The fourth-order valence-electron chi connectivity index (χ4n) is 6.54. The Morgan fingerprint density at radius 2 is 1.81 bits per heavy atom. The Bertz CT molecular complexity index is 2540. The van der Waals surface area contributed by atoms with Crippen molar-refractivity contribution >= 4 is 65.7 Å². The number of nitro benzene ring substituents is 1. The van der Waals surface area contributed by atoms with Crippen LogP contribution in [0.3, 0.4) is 0 Å². The molecule has 0 radical (unpaired) electrons. The third kappa shape index (κ3) is 9.20. The van der Waals surface area contributed by atoms with E-state index in [-0.39, 0.29) is 35.8 Å². The Hall–Kier alpha value is -6.50. The number of pyridine rings is 2. The molecule has 298 valence electrons. The number of nitro groups is 1. The van der Waals surface area contributed by atoms with Crippen molar-refractivity contribution in [1.82, 2.24) is 24.6 Å². The molecule has 0 bridgehead atoms. The molecule has 0 aliphatic carbocycles. The second-order valence-corrected chi connectivity index (χ2v) is 16.4. The summed E-state index contributed by atoms with van der Waals surface area (Å²) in [5.41, 5.74) is 1.78. The predicted molar refractivity (Wildman–Crippen MR) is 221 cm³/mol. The lowest BCUT2D eigenvalue weighted by Crippen LogP contribution is -2.43. The first-order valence-corrected chi connectivity index (χ1v) is 20.5. The summed E-state index contributed by atoms with van der Waals surface area (Å²) in [6.07, 6.45) is 4.44. The zero-order valence-electron chi connectivity index (χ0n) is 31.4. The molecule has 0 fully saturated rings. The number of benzene rings is 3. The first-order chi connectivity index (χ1) is 27.9. The van der Waals surface area contributed by atoms with Gasteiger partial charge in [-0.15, -0.1) is 0 Å². The summed E-state index contributed by atoms with van der Waals surface area (Å²) in [7, 11) is -0.801. The quantitative estimate of drug-likeness (QED) is 0.0846. The number of aromatic nitrogens is 3. The van der Waals surface area contributed by atoms with Gasteiger partial charge in [0.2, 0.25) is 0 Å². The van der Waals surface area contributed by atoms with Gasteiger partial charge in [0.1, 0.15) is 35.6 Å². The Labute approximate surface area is 338 Å². The Kier molecular flexibility index (Phi) is 11.9. The third-order valence-corrected chi connectivity index (χ3v) is 11.6. The predicted octanol–water partition coefficient (Wildman–Crippen LogP) is 5.67. The molecule has 1 unspecified atom stereocenters. The van der Waals surface area contributed by atoms with E-state index in [4.69, 9.17) is 4.74 Å². The molecule has 16 nitrogen and oxygen atoms in total. The van der Waals surface area contributed by atoms with Crippen LogP contribution in [-0.4, -0.2) is 84.8 Å². The summed E-state index contributed by atoms with van der Waals surface area (Å²) in [6.45, 7) is 1.21. The molecule has 6 aromatic rings. The molecule has 3 aromatic carbocycles. The second-order valence-electron chi connectivity index (χ2n) is 13.7. The number of ether oxygens (including phenoxy) is 1. The lowest BCUT2D eigenvalue weighted by molar-refractivity contribution is -0.384. The highest BCUT2D eigenvalue weighted by molar-refractivity contribution is 7.90. The Morgan fingerprint density at radius 3 is 2.59 bits per heavy atom. The highest BCUT2D eigenvalue weighted by atomic mass is 32.2. The van der Waals surface area contributed by atoms with Crippen molar-refractivity contribution in [3.05, 3.63) is 136 Å². The number of carbonyl (C=O) groups is 2. The molecule has 3 aromatic heterocycles. The number of sulfonamides is 1. The second kappa shape index (κ2) is 17.3. The number of fused-ring (bicyclic) bond motifs is 2. The van der Waals surface area contributed by atoms with Gasteiger partial charge in [-0.05, 0) is 87.1 Å². The van der Waals surface area contributed by atoms with E-state index < -0.39 is 37.5 Å². The molecule has 7 rings (SSSR count). The van der Waals surface area contributed by atoms with Crippen molar-refractivity contribution < 1.29 is 27.7 Å². The summed E-state index contributed by atoms with van der Waals surface area (Å²) in [4.78, 5) is 55.5. The highest BCUT2D eigenvalue weighted by Crippen LogP contribution is 2.35. The van der Waals surface area contributed by atoms with Crippen molar-refractivity contribution in [2.24, 2.45) is 0 Å². The smallest absolute Gasteiger partial charge is 0.293 e. The van der Waals surface area contributed by atoms with E-state index in [0.29, 0.717) is 42.3 Å². The van der Waals surface area contributed by atoms with Crippen molar-refractivity contribution in [3.8, 4) is 5.75 Å². The van der Waals surface area contributed by atoms with Gasteiger partial charge in [-0.25, -0.2) is 23.1 Å². The molecule has 2 amide bonds. The maximum Gasteiger partial charge on any atom is 0.293 e. The number of anilines is 3. The Balaban J connectivity index is 1.09. The van der Waals surface area contributed by atoms with Crippen LogP contribution in [0.2, 0.25) is 0 Å². The van der Waals surface area contributed by atoms with Gasteiger partial charge in [0, 0.05) is 25.0 Å². The summed E-state index contributed by atoms with van der Waals surface area (Å²) < 4.78 is 35.9. The van der Waals surface area contributed by atoms with Gasteiger partial charge in [-0.3, -0.25) is 30.0 Å². The van der Waals surface area contributed by atoms with Gasteiger partial charge in [0.15, 0.2) is 5.13 Å². The SMILES string of the molecule is CN(C)CC[C@H](COc1ccccc1)Nc1ccc(S(=O)(=O)NC(=O)c2cccc(N3CCc4ccccc4C3C(=O)Nc3nc4ccncc4s3)n2)cc1[N+](=O)[O-]. The molecule has 1 aliphatic heterocycles. The minimum Gasteiger partial charge on any atom is -0.491 e. The van der Waals surface area contributed by atoms with Gasteiger partial charge >= 0.3 is 0 Å². The molecule has 2 atom stereocenters. The molecule has 58 heavy (non-hydrogen) atoms. The van der Waals surface area contributed by atoms with Gasteiger partial charge in [-0.2, -0.15) is 0 Å². The maximum atomic E-state index is 14.0. The van der Waals surface area contributed by atoms with Crippen molar-refractivity contribution in [2.45, 2.75) is 29.8 Å². The summed E-state index contributed by atoms with van der Waals surface area (Å²) >= 11 is 1.29. The molecule has 1 aliphatic rings. The third-order valence-electron chi connectivity index (χ3n) is 9.40. The molecule has 4 heterocycles. The average Bonchev–Trinajstić information content (AvgIpc) is 3.63. The van der Waals surface area contributed by atoms with Crippen molar-refractivity contribution in [3.63, 3.8) is 0 Å². The number of thiazole rings is 1. The first-order valence-electron chi connectivity index (χ1n) is 18.2. The summed E-state index contributed by atoms with van der Waals surface area (Å²) in [5.74, 6) is -0.531. The minimum absolute atomic E-state index is 0.0897. The summed E-state index contributed by atoms with van der Waals surface area (Å²) in [5, 5.41) is 18.7. The van der Waals surface area contributed by atoms with Gasteiger partial charge in [-0.1, -0.05) is 59.9 Å². The van der Waals surface area contributed by atoms with Crippen LogP contribution in [-0.2, 0) is 21.2 Å². The lowest BCUT2D eigenvalue weighted by atomic mass is 9.92. The highest BCUT2D eigenvalue weighted by Gasteiger charge is 2.35. The number of hydrogen-bond acceptors (Lipinski definition) is 14. The van der Waals surface area contributed by atoms with Gasteiger partial charge in [0.25, 0.3) is 27.5 Å². The normalized spacial score (nSPS) is 14.4. The van der Waals surface area contributed by atoms with Crippen molar-refractivity contribution in [2.75, 3.05) is 49.3 Å². The fourth-order valence-corrected chi connectivity index (χ4v) is 8.36. The molecule has 0 spiro atoms. The number of rotatable bonds is 15. The van der Waals surface area contributed by atoms with Crippen LogP contribution < -0.4 is 25.0 Å². The standard InChI is InChI=1S/C40H39N9O7S2/c1-47(2)21-19-27(25-56-28-10-4-3-5-11-28)42-31-16-15-29(23-34(31)49(52)53)58(54,55)46-38(50)33-13-8-14-36(43-33)48-22-18-26-9-6-7-12-30(26)37(48)39(51)45-40-44-32-17-20-41-24-35(32)57-40/h3-17,20,23-24,27,37,42H,18-19,21-22,25H2,1-2H3,(H,46,50)(H,44,45,51)/t27-,37?/m1/s1. The van der Waals surface area contributed by atoms with Crippen LogP contribution in [0.5, 0.6) is 5.75 Å². The van der Waals surface area contributed by atoms with Crippen LogP contribution in [0.4, 0.5) is 22.3 Å². The van der Waals surface area contributed by atoms with Crippen LogP contribution >= 0.6 is 11.3 Å². The van der Waals surface area contributed by atoms with E-state index in [1.54, 1.807) is 47.6 Å². The topological polar surface area (TPSA) is 202 Å². The lowest BCUT2D eigenvalue weighted by Gasteiger charge is -2.37. The van der Waals surface area contributed by atoms with Crippen LogP contribution in [0.1, 0.15) is 34.1 Å². The molecule has 3 N–H and O–H groups in total. The number of amides is 2. The largest absolute Gasteiger partial charge is 0.491 e. The average molecular weight is 822 g/mol. The molecular formula is C40H39N9O7S2. The van der Waals surface area contributed by atoms with Gasteiger partial charge < -0.3 is 19.9 Å². The molecule has 18 heteroatoms. The van der Waals surface area contributed by atoms with Crippen LogP contribution in [0.15, 0.2) is 114 Å². The first kappa shape index (κ1) is 39.7. The van der Waals surface area contributed by atoms with E-state index in [1.165, 1.54) is 29.5 Å². The Morgan fingerprint density at radius 1 is 1.02 bits per heavy atom. The number of hydrogen-bond donors (Lipinski definition) is 3. The molecular weight excluding hydrogens is 783 g/mol. The number of carbonyl (C=O) groups excluding carboxylic acids is 2. The molecule has 0 saturated heterocycles. The fraction of sp³-hybridized carbons (Fsp3) is 0.225. The van der Waals surface area contributed by atoms with Crippen LogP contribution in [0.25, 0.3) is 10.2 Å². The zero-order valence-corrected chi connectivity index (χ0v) is 33.1. The monoisotopic (exact) mass is 821 g/mol. The number of nitrogens with zero attached hydrogens (tertiary/aromatic N) is 6. The summed E-state index contributed by atoms with van der Waals surface area (Å²) in [6, 6.07) is 25.1. The van der Waals surface area contributed by atoms with Gasteiger partial charge in [0.05, 0.1) is 26.1 Å². The maximum absolute atomic E-state index is 14.0. The minimum atomic E-state index is -4.62. The van der Waals surface area contributed by atoms with E-state index in [1.807, 2.05) is 66.2 Å². The number of para-hydroxylation sites is 1. The van der Waals surface area contributed by atoms with E-state index in [0.717, 1.165) is 21.9 Å². The molecule has 0 saturated carbocycles. The van der Waals surface area contributed by atoms with Crippen LogP contribution in [0, 0.1) is 10.1 Å². The van der Waals surface area contributed by atoms with E-state index >= 15 is 0 Å². The number of nitrogens with one attached hydrogen (secondary N) is 3. The van der Waals surface area contributed by atoms with E-state index in [2.05, 4.69) is 25.6 Å². The zero-order chi connectivity index (χ0) is 40.8. The van der Waals surface area contributed by atoms with Crippen molar-refractivity contribution in [1.29, 1.82) is 0 Å². The van der Waals surface area contributed by atoms with E-state index in [9.17, 15) is 28.1 Å².